The molecular formula is C54H55N9O7S. The van der Waals surface area contributed by atoms with Gasteiger partial charge in [0.2, 0.25) is 17.7 Å². The molecule has 1 spiro atoms. The summed E-state index contributed by atoms with van der Waals surface area (Å²) in [6, 6.07) is 28.1. The van der Waals surface area contributed by atoms with Crippen LogP contribution in [0.1, 0.15) is 81.6 Å². The second-order valence-electron chi connectivity index (χ2n) is 19.0. The maximum absolute atomic E-state index is 13.6. The van der Waals surface area contributed by atoms with E-state index in [4.69, 9.17) is 15.1 Å². The van der Waals surface area contributed by atoms with Gasteiger partial charge in [-0.3, -0.25) is 34.7 Å². The number of piperidine rings is 2. The molecule has 2 atom stereocenters. The van der Waals surface area contributed by atoms with Crippen molar-refractivity contribution in [2.24, 2.45) is 17.3 Å². The van der Waals surface area contributed by atoms with E-state index >= 15 is 0 Å². The smallest absolute Gasteiger partial charge is 0.355 e. The van der Waals surface area contributed by atoms with Gasteiger partial charge in [-0.2, -0.15) is 0 Å². The first-order valence-electron chi connectivity index (χ1n) is 24.1. The molecule has 6 N–H and O–H groups in total. The lowest BCUT2D eigenvalue weighted by Crippen LogP contribution is -2.44. The quantitative estimate of drug-likeness (QED) is 0.0424. The molecule has 16 nitrogen and oxygen atoms in total. The number of pyridine rings is 1. The van der Waals surface area contributed by atoms with Crippen LogP contribution in [-0.2, 0) is 27.3 Å². The number of nitrogens with one attached hydrogen (secondary N) is 5. The van der Waals surface area contributed by atoms with Gasteiger partial charge < -0.3 is 30.8 Å². The van der Waals surface area contributed by atoms with Crippen LogP contribution in [0.4, 0.5) is 22.3 Å². The Balaban J connectivity index is 0.718. The van der Waals surface area contributed by atoms with Gasteiger partial charge in [-0.25, -0.2) is 14.8 Å². The van der Waals surface area contributed by atoms with Gasteiger partial charge in [-0.15, -0.1) is 0 Å². The molecule has 5 heterocycles. The molecule has 2 unspecified atom stereocenters. The highest BCUT2D eigenvalue weighted by Crippen LogP contribution is 2.61. The van der Waals surface area contributed by atoms with Crippen LogP contribution in [0.2, 0.25) is 0 Å². The molecule has 4 aliphatic rings. The molecule has 4 aromatic carbocycles. The lowest BCUT2D eigenvalue weighted by Gasteiger charge is -2.32. The summed E-state index contributed by atoms with van der Waals surface area (Å²) in [7, 11) is 1.72. The Bertz CT molecular complexity index is 3090. The number of anilines is 4. The number of para-hydroxylation sites is 1. The molecule has 1 saturated carbocycles. The minimum Gasteiger partial charge on any atom is -0.493 e. The average molecular weight is 974 g/mol. The van der Waals surface area contributed by atoms with Crippen molar-refractivity contribution in [2.75, 3.05) is 60.7 Å². The summed E-state index contributed by atoms with van der Waals surface area (Å²) in [5.41, 5.74) is 7.48. The van der Waals surface area contributed by atoms with Crippen molar-refractivity contribution < 1.29 is 33.8 Å². The van der Waals surface area contributed by atoms with Crippen LogP contribution in [0.15, 0.2) is 91.0 Å². The number of carboxylic acids is 1. The third-order valence-corrected chi connectivity index (χ3v) is 15.7. The van der Waals surface area contributed by atoms with Crippen molar-refractivity contribution in [1.29, 1.82) is 5.41 Å². The number of imide groups is 1. The third-order valence-electron chi connectivity index (χ3n) is 14.8. The largest absolute Gasteiger partial charge is 0.493 e. The van der Waals surface area contributed by atoms with Crippen LogP contribution in [0.3, 0.4) is 0 Å². The second kappa shape index (κ2) is 19.7. The number of carbonyl (C=O) groups excluding carboxylic acids is 4. The number of hydrogen-bond donors (Lipinski definition) is 6. The van der Waals surface area contributed by atoms with Gasteiger partial charge in [0.05, 0.1) is 35.0 Å². The van der Waals surface area contributed by atoms with Gasteiger partial charge in [0.25, 0.3) is 5.91 Å². The number of ether oxygens (including phenoxy) is 1. The fourth-order valence-electron chi connectivity index (χ4n) is 10.7. The third kappa shape index (κ3) is 9.84. The van der Waals surface area contributed by atoms with E-state index in [1.807, 2.05) is 84.6 Å². The minimum atomic E-state index is -1.13. The lowest BCUT2D eigenvalue weighted by atomic mass is 9.88. The highest BCUT2D eigenvalue weighted by Gasteiger charge is 2.54. The summed E-state index contributed by atoms with van der Waals surface area (Å²) in [5.74, 6) is -1.24. The number of fused-ring (bicyclic) bond motifs is 2. The highest BCUT2D eigenvalue weighted by molar-refractivity contribution is 7.22. The standard InChI is InChI=1S/C54H55N9O7S/c1-31-35(36-15-17-45(59-49(36)52(68)69)63-23-19-32-7-5-9-37(40(32)29-63)50(66)61-53-58-41-10-3-4-12-44(41)71-53)8-6-11-43(31)70-26-20-33-28-54(33)21-24-62(25-22-54)30-47(65)57-34-13-14-38(42(27-34)56-2)48(55)39-16-18-46(64)60-51(39)67/h3-15,17,27,33,39,55-56H,16,18-26,28-30H2,1-2H3,(H,57,65)(H,68,69)(H,58,61,66)(H,60,64,67). The molecule has 0 radical (unpaired) electrons. The zero-order valence-corrected chi connectivity index (χ0v) is 40.4. The van der Waals surface area contributed by atoms with Crippen LogP contribution < -0.4 is 30.9 Å². The molecule has 2 aromatic heterocycles. The first-order valence-corrected chi connectivity index (χ1v) is 24.9. The molecular weight excluding hydrogens is 919 g/mol. The number of nitrogens with zero attached hydrogens (tertiary/aromatic N) is 4. The molecule has 364 valence electrons. The van der Waals surface area contributed by atoms with Crippen LogP contribution in [0, 0.1) is 29.6 Å². The number of carbonyl (C=O) groups is 5. The van der Waals surface area contributed by atoms with Crippen LogP contribution >= 0.6 is 11.3 Å². The van der Waals surface area contributed by atoms with E-state index < -0.39 is 17.8 Å². The van der Waals surface area contributed by atoms with Crippen molar-refractivity contribution in [3.8, 4) is 16.9 Å². The summed E-state index contributed by atoms with van der Waals surface area (Å²) < 4.78 is 7.39. The summed E-state index contributed by atoms with van der Waals surface area (Å²) in [4.78, 5) is 77.2. The highest BCUT2D eigenvalue weighted by atomic mass is 32.1. The molecule has 10 rings (SSSR count). The Labute approximate surface area is 414 Å². The van der Waals surface area contributed by atoms with E-state index in [9.17, 15) is 29.1 Å². The van der Waals surface area contributed by atoms with Crippen LogP contribution in [0.25, 0.3) is 21.3 Å². The Hall–Kier alpha value is -7.50. The summed E-state index contributed by atoms with van der Waals surface area (Å²) in [6.45, 7) is 5.40. The van der Waals surface area contributed by atoms with Gasteiger partial charge in [0.15, 0.2) is 10.8 Å². The number of aromatic carboxylic acids is 1. The maximum atomic E-state index is 13.6. The van der Waals surface area contributed by atoms with Crippen molar-refractivity contribution in [2.45, 2.75) is 58.4 Å². The van der Waals surface area contributed by atoms with E-state index in [0.29, 0.717) is 76.8 Å². The van der Waals surface area contributed by atoms with Crippen molar-refractivity contribution in [3.05, 3.63) is 125 Å². The van der Waals surface area contributed by atoms with Gasteiger partial charge in [0, 0.05) is 54.6 Å². The SMILES string of the molecule is CNc1cc(NC(=O)CN2CCC3(CC2)CC3CCOc2cccc(-c3ccc(N4CCc5cccc(C(=O)Nc6nc7ccccc7s6)c5C4)nc3C(=O)O)c2C)ccc1C(=N)C1CCC(=O)NC1=O. The van der Waals surface area contributed by atoms with Crippen molar-refractivity contribution in [3.63, 3.8) is 0 Å². The number of carboxylic acid groups (broad SMARTS) is 1. The first-order chi connectivity index (χ1) is 34.4. The van der Waals surface area contributed by atoms with Gasteiger partial charge in [-0.05, 0) is 147 Å². The monoisotopic (exact) mass is 973 g/mol. The Kier molecular flexibility index (Phi) is 13.1. The zero-order valence-electron chi connectivity index (χ0n) is 39.6. The fourth-order valence-corrected chi connectivity index (χ4v) is 11.6. The topological polar surface area (TPSA) is 219 Å². The number of amides is 4. The molecule has 3 aliphatic heterocycles. The Morgan fingerprint density at radius 1 is 0.915 bits per heavy atom. The molecule has 17 heteroatoms. The van der Waals surface area contributed by atoms with Crippen LogP contribution in [0.5, 0.6) is 5.75 Å². The normalized spacial score (nSPS) is 18.4. The number of hydrogen-bond acceptors (Lipinski definition) is 13. The van der Waals surface area contributed by atoms with E-state index in [1.54, 1.807) is 25.2 Å². The van der Waals surface area contributed by atoms with Crippen molar-refractivity contribution >= 4 is 79.2 Å². The van der Waals surface area contributed by atoms with Crippen molar-refractivity contribution in [1.82, 2.24) is 20.2 Å². The molecule has 0 bridgehead atoms. The molecule has 1 aliphatic carbocycles. The van der Waals surface area contributed by atoms with E-state index in [2.05, 4.69) is 31.2 Å². The molecule has 6 aromatic rings. The second-order valence-corrected chi connectivity index (χ2v) is 20.0. The lowest BCUT2D eigenvalue weighted by molar-refractivity contribution is -0.134. The van der Waals surface area contributed by atoms with E-state index in [1.165, 1.54) is 11.3 Å². The predicted molar refractivity (Wildman–Crippen MR) is 274 cm³/mol. The van der Waals surface area contributed by atoms with E-state index in [-0.39, 0.29) is 53.9 Å². The molecule has 71 heavy (non-hydrogen) atoms. The van der Waals surface area contributed by atoms with Gasteiger partial charge in [-0.1, -0.05) is 47.7 Å². The molecule has 4 amide bonds. The van der Waals surface area contributed by atoms with Gasteiger partial charge in [0.1, 0.15) is 11.6 Å². The number of thiazole rings is 1. The van der Waals surface area contributed by atoms with E-state index in [0.717, 1.165) is 71.2 Å². The summed E-state index contributed by atoms with van der Waals surface area (Å²) in [6.07, 6.45) is 5.19. The molecule has 3 fully saturated rings. The van der Waals surface area contributed by atoms with Gasteiger partial charge >= 0.3 is 5.97 Å². The fraction of sp³-hybridized carbons (Fsp3) is 0.333. The number of benzene rings is 4. The number of likely N-dealkylation sites (tertiary alicyclic amines) is 1. The predicted octanol–water partition coefficient (Wildman–Crippen LogP) is 8.15. The maximum Gasteiger partial charge on any atom is 0.355 e. The van der Waals surface area contributed by atoms with Crippen LogP contribution in [-0.4, -0.2) is 95.1 Å². The zero-order chi connectivity index (χ0) is 49.4. The minimum absolute atomic E-state index is 0.0538. The number of aromatic nitrogens is 2. The summed E-state index contributed by atoms with van der Waals surface area (Å²) in [5, 5.41) is 31.1. The number of rotatable bonds is 15. The summed E-state index contributed by atoms with van der Waals surface area (Å²) >= 11 is 1.42. The Morgan fingerprint density at radius 3 is 2.52 bits per heavy atom. The first kappa shape index (κ1) is 47.2. The average Bonchev–Trinajstić information content (AvgIpc) is 3.87. The Morgan fingerprint density at radius 2 is 1.73 bits per heavy atom. The molecule has 2 saturated heterocycles.